The maximum Gasteiger partial charge on any atom is 0.137 e. The molecular weight excluding hydrogens is 228 g/mol. The Bertz CT molecular complexity index is 389. The van der Waals surface area contributed by atoms with E-state index in [-0.39, 0.29) is 0 Å². The molecule has 1 aliphatic rings. The first kappa shape index (κ1) is 13.1. The molecule has 100 valence electrons. The fourth-order valence-corrected chi connectivity index (χ4v) is 2.52. The number of hydrogen-bond acceptors (Lipinski definition) is 5. The minimum Gasteiger partial charge on any atom is -0.381 e. The van der Waals surface area contributed by atoms with Crippen LogP contribution in [-0.2, 0) is 11.2 Å². The maximum absolute atomic E-state index is 5.41. The van der Waals surface area contributed by atoms with Crippen LogP contribution in [0.25, 0.3) is 0 Å². The molecule has 1 aromatic rings. The average molecular weight is 250 g/mol. The van der Waals surface area contributed by atoms with E-state index >= 15 is 0 Å². The van der Waals surface area contributed by atoms with Crippen LogP contribution in [0.2, 0.25) is 0 Å². The van der Waals surface area contributed by atoms with Gasteiger partial charge >= 0.3 is 0 Å². The highest BCUT2D eigenvalue weighted by Crippen LogP contribution is 2.26. The molecule has 0 radical (unpaired) electrons. The molecule has 1 N–H and O–H groups in total. The third-order valence-corrected chi connectivity index (χ3v) is 3.59. The Morgan fingerprint density at radius 3 is 2.67 bits per heavy atom. The highest BCUT2D eigenvalue weighted by Gasteiger charge is 2.22. The molecule has 0 unspecified atom stereocenters. The molecule has 2 rings (SSSR count). The van der Waals surface area contributed by atoms with Gasteiger partial charge in [0.15, 0.2) is 0 Å². The van der Waals surface area contributed by atoms with Gasteiger partial charge < -0.3 is 15.0 Å². The van der Waals surface area contributed by atoms with Gasteiger partial charge in [-0.2, -0.15) is 0 Å². The molecule has 18 heavy (non-hydrogen) atoms. The number of nitrogens with zero attached hydrogens (tertiary/aromatic N) is 3. The number of methoxy groups -OCH3 is 1. The van der Waals surface area contributed by atoms with Crippen molar-refractivity contribution in [2.45, 2.75) is 32.3 Å². The van der Waals surface area contributed by atoms with Crippen LogP contribution in [-0.4, -0.2) is 43.3 Å². The van der Waals surface area contributed by atoms with E-state index in [4.69, 9.17) is 4.74 Å². The van der Waals surface area contributed by atoms with Crippen LogP contribution in [0.1, 0.15) is 25.3 Å². The normalized spacial score (nSPS) is 16.9. The smallest absolute Gasteiger partial charge is 0.137 e. The van der Waals surface area contributed by atoms with Gasteiger partial charge in [0.1, 0.15) is 18.0 Å². The lowest BCUT2D eigenvalue weighted by Crippen LogP contribution is -2.37. The van der Waals surface area contributed by atoms with Gasteiger partial charge in [0.25, 0.3) is 0 Å². The van der Waals surface area contributed by atoms with Crippen LogP contribution in [0, 0.1) is 0 Å². The Labute approximate surface area is 109 Å². The zero-order chi connectivity index (χ0) is 13.0. The molecule has 0 aromatic carbocycles. The summed E-state index contributed by atoms with van der Waals surface area (Å²) in [5.74, 6) is 2.02. The fraction of sp³-hybridized carbons (Fsp3) is 0.692. The summed E-state index contributed by atoms with van der Waals surface area (Å²) in [7, 11) is 3.70. The summed E-state index contributed by atoms with van der Waals surface area (Å²) >= 11 is 0. The molecule has 1 saturated heterocycles. The minimum atomic E-state index is 0.400. The van der Waals surface area contributed by atoms with Crippen LogP contribution in [0.4, 0.5) is 11.6 Å². The molecule has 0 atom stereocenters. The number of ether oxygens (including phenoxy) is 1. The molecule has 1 aliphatic heterocycles. The third kappa shape index (κ3) is 2.56. The first-order valence-electron chi connectivity index (χ1n) is 6.59. The standard InChI is InChI=1S/C13H22N4O/c1-4-11-12(14-2)15-9-16-13(11)17-7-5-10(18-3)6-8-17/h9-10H,4-8H2,1-3H3,(H,14,15,16). The Morgan fingerprint density at radius 2 is 2.11 bits per heavy atom. The SMILES string of the molecule is CCc1c(NC)ncnc1N1CCC(OC)CC1. The number of rotatable bonds is 4. The molecule has 5 heteroatoms. The van der Waals surface area contributed by atoms with Crippen LogP contribution in [0.5, 0.6) is 0 Å². The van der Waals surface area contributed by atoms with Crippen molar-refractivity contribution in [3.8, 4) is 0 Å². The van der Waals surface area contributed by atoms with Gasteiger partial charge in [0.2, 0.25) is 0 Å². The lowest BCUT2D eigenvalue weighted by molar-refractivity contribution is 0.0817. The van der Waals surface area contributed by atoms with Gasteiger partial charge in [-0.25, -0.2) is 9.97 Å². The van der Waals surface area contributed by atoms with Crippen molar-refractivity contribution >= 4 is 11.6 Å². The van der Waals surface area contributed by atoms with E-state index in [0.29, 0.717) is 6.10 Å². The van der Waals surface area contributed by atoms with Gasteiger partial charge in [-0.05, 0) is 19.3 Å². The number of aromatic nitrogens is 2. The van der Waals surface area contributed by atoms with Crippen molar-refractivity contribution in [2.24, 2.45) is 0 Å². The first-order chi connectivity index (χ1) is 8.80. The lowest BCUT2D eigenvalue weighted by atomic mass is 10.1. The summed E-state index contributed by atoms with van der Waals surface area (Å²) in [6.07, 6.45) is 5.12. The summed E-state index contributed by atoms with van der Waals surface area (Å²) < 4.78 is 5.41. The molecule has 2 heterocycles. The molecule has 0 aliphatic carbocycles. The molecule has 5 nitrogen and oxygen atoms in total. The predicted octanol–water partition coefficient (Wildman–Crippen LogP) is 1.70. The van der Waals surface area contributed by atoms with Crippen molar-refractivity contribution in [3.05, 3.63) is 11.9 Å². The number of nitrogens with one attached hydrogen (secondary N) is 1. The van der Waals surface area contributed by atoms with Gasteiger partial charge in [-0.1, -0.05) is 6.92 Å². The zero-order valence-electron chi connectivity index (χ0n) is 11.4. The lowest BCUT2D eigenvalue weighted by Gasteiger charge is -2.33. The number of anilines is 2. The number of piperidine rings is 1. The van der Waals surface area contributed by atoms with E-state index in [1.807, 2.05) is 7.05 Å². The van der Waals surface area contributed by atoms with Crippen LogP contribution in [0.15, 0.2) is 6.33 Å². The largest absolute Gasteiger partial charge is 0.381 e. The topological polar surface area (TPSA) is 50.3 Å². The van der Waals surface area contributed by atoms with E-state index in [2.05, 4.69) is 27.1 Å². The monoisotopic (exact) mass is 250 g/mol. The maximum atomic E-state index is 5.41. The second kappa shape index (κ2) is 6.00. The Kier molecular flexibility index (Phi) is 4.36. The summed E-state index contributed by atoms with van der Waals surface area (Å²) in [6.45, 7) is 4.16. The van der Waals surface area contributed by atoms with E-state index in [1.165, 1.54) is 5.56 Å². The van der Waals surface area contributed by atoms with Crippen molar-refractivity contribution in [1.29, 1.82) is 0 Å². The molecule has 0 bridgehead atoms. The summed E-state index contributed by atoms with van der Waals surface area (Å²) in [4.78, 5) is 11.1. The summed E-state index contributed by atoms with van der Waals surface area (Å²) in [5, 5.41) is 3.14. The molecular formula is C13H22N4O. The average Bonchev–Trinajstić information content (AvgIpc) is 2.46. The van der Waals surface area contributed by atoms with Gasteiger partial charge in [-0.15, -0.1) is 0 Å². The fourth-order valence-electron chi connectivity index (χ4n) is 2.52. The van der Waals surface area contributed by atoms with Gasteiger partial charge in [-0.3, -0.25) is 0 Å². The van der Waals surface area contributed by atoms with Crippen LogP contribution in [0.3, 0.4) is 0 Å². The van der Waals surface area contributed by atoms with Crippen molar-refractivity contribution in [1.82, 2.24) is 9.97 Å². The summed E-state index contributed by atoms with van der Waals surface area (Å²) in [6, 6.07) is 0. The molecule has 0 amide bonds. The second-order valence-electron chi connectivity index (χ2n) is 4.55. The molecule has 0 saturated carbocycles. The van der Waals surface area contributed by atoms with Gasteiger partial charge in [0.05, 0.1) is 6.10 Å². The second-order valence-corrected chi connectivity index (χ2v) is 4.55. The Morgan fingerprint density at radius 1 is 1.39 bits per heavy atom. The van der Waals surface area contributed by atoms with E-state index in [1.54, 1.807) is 13.4 Å². The highest BCUT2D eigenvalue weighted by molar-refractivity contribution is 5.58. The highest BCUT2D eigenvalue weighted by atomic mass is 16.5. The quantitative estimate of drug-likeness (QED) is 0.881. The summed E-state index contributed by atoms with van der Waals surface area (Å²) in [5.41, 5.74) is 1.20. The first-order valence-corrected chi connectivity index (χ1v) is 6.59. The van der Waals surface area contributed by atoms with E-state index in [0.717, 1.165) is 44.0 Å². The predicted molar refractivity (Wildman–Crippen MR) is 73.2 cm³/mol. The van der Waals surface area contributed by atoms with Crippen molar-refractivity contribution in [2.75, 3.05) is 37.5 Å². The van der Waals surface area contributed by atoms with Crippen LogP contribution >= 0.6 is 0 Å². The van der Waals surface area contributed by atoms with Crippen LogP contribution < -0.4 is 10.2 Å². The molecule has 1 fully saturated rings. The zero-order valence-corrected chi connectivity index (χ0v) is 11.4. The van der Waals surface area contributed by atoms with Gasteiger partial charge in [0, 0.05) is 32.8 Å². The van der Waals surface area contributed by atoms with E-state index < -0.39 is 0 Å². The number of hydrogen-bond donors (Lipinski definition) is 1. The Balaban J connectivity index is 2.18. The van der Waals surface area contributed by atoms with Crippen molar-refractivity contribution in [3.63, 3.8) is 0 Å². The van der Waals surface area contributed by atoms with E-state index in [9.17, 15) is 0 Å². The Hall–Kier alpha value is -1.36. The molecule has 1 aromatic heterocycles. The third-order valence-electron chi connectivity index (χ3n) is 3.59. The molecule has 0 spiro atoms. The van der Waals surface area contributed by atoms with Crippen molar-refractivity contribution < 1.29 is 4.74 Å². The minimum absolute atomic E-state index is 0.400.